The topological polar surface area (TPSA) is 69.9 Å². The summed E-state index contributed by atoms with van der Waals surface area (Å²) in [5.41, 5.74) is 3.13. The molecule has 6 nitrogen and oxygen atoms in total. The Balaban J connectivity index is 1.94. The number of nitrogens with zero attached hydrogens (tertiary/aromatic N) is 4. The van der Waals surface area contributed by atoms with Crippen LogP contribution in [-0.2, 0) is 4.79 Å². The first-order valence-electron chi connectivity index (χ1n) is 7.32. The van der Waals surface area contributed by atoms with Crippen LogP contribution in [-0.4, -0.2) is 26.0 Å². The van der Waals surface area contributed by atoms with E-state index in [1.54, 1.807) is 24.5 Å². The average molecular weight is 316 g/mol. The fourth-order valence-corrected chi connectivity index (χ4v) is 2.55. The Bertz CT molecular complexity index is 995. The molecule has 0 unspecified atom stereocenters. The lowest BCUT2D eigenvalue weighted by Crippen LogP contribution is -2.00. The number of carbonyl (C=O) groups is 1. The normalized spacial score (nSPS) is 10.7. The second kappa shape index (κ2) is 5.92. The molecule has 4 rings (SSSR count). The van der Waals surface area contributed by atoms with Crippen LogP contribution < -0.4 is 4.74 Å². The molecule has 24 heavy (non-hydrogen) atoms. The van der Waals surface area contributed by atoms with Crippen LogP contribution in [0.4, 0.5) is 0 Å². The van der Waals surface area contributed by atoms with Crippen molar-refractivity contribution >= 4 is 17.6 Å². The monoisotopic (exact) mass is 316 g/mol. The summed E-state index contributed by atoms with van der Waals surface area (Å²) in [4.78, 5) is 24.0. The summed E-state index contributed by atoms with van der Waals surface area (Å²) in [6.45, 7) is 0.405. The Labute approximate surface area is 137 Å². The largest absolute Gasteiger partial charge is 0.429 e. The number of aromatic nitrogens is 4. The molecule has 0 saturated heterocycles. The maximum atomic E-state index is 10.4. The second-order valence-electron chi connectivity index (χ2n) is 5.04. The number of pyridine rings is 2. The molecule has 0 fully saturated rings. The number of carbonyl (C=O) groups excluding carboxylic acids is 1. The third kappa shape index (κ3) is 2.40. The summed E-state index contributed by atoms with van der Waals surface area (Å²) in [6, 6.07) is 16.6. The molecule has 0 aliphatic heterocycles. The van der Waals surface area contributed by atoms with Gasteiger partial charge in [0.25, 0.3) is 6.47 Å². The van der Waals surface area contributed by atoms with E-state index in [9.17, 15) is 4.79 Å². The first kappa shape index (κ1) is 14.1. The highest BCUT2D eigenvalue weighted by Gasteiger charge is 2.15. The molecule has 6 heteroatoms. The molecule has 0 aliphatic rings. The zero-order chi connectivity index (χ0) is 16.4. The smallest absolute Gasteiger partial charge is 0.298 e. The third-order valence-corrected chi connectivity index (χ3v) is 3.59. The highest BCUT2D eigenvalue weighted by Crippen LogP contribution is 2.27. The zero-order valence-corrected chi connectivity index (χ0v) is 12.5. The van der Waals surface area contributed by atoms with E-state index in [4.69, 9.17) is 4.74 Å². The van der Waals surface area contributed by atoms with Crippen molar-refractivity contribution in [3.63, 3.8) is 0 Å². The van der Waals surface area contributed by atoms with E-state index >= 15 is 0 Å². The van der Waals surface area contributed by atoms with Crippen LogP contribution >= 0.6 is 0 Å². The van der Waals surface area contributed by atoms with Crippen molar-refractivity contribution in [3.8, 4) is 23.0 Å². The van der Waals surface area contributed by atoms with E-state index in [-0.39, 0.29) is 0 Å². The average Bonchev–Trinajstić information content (AvgIpc) is 3.03. The quantitative estimate of drug-likeness (QED) is 0.541. The highest BCUT2D eigenvalue weighted by molar-refractivity contribution is 5.79. The van der Waals surface area contributed by atoms with Gasteiger partial charge in [-0.25, -0.2) is 9.97 Å². The van der Waals surface area contributed by atoms with E-state index in [1.165, 1.54) is 0 Å². The van der Waals surface area contributed by atoms with Crippen molar-refractivity contribution in [2.75, 3.05) is 0 Å². The predicted octanol–water partition coefficient (Wildman–Crippen LogP) is 3.02. The van der Waals surface area contributed by atoms with Crippen LogP contribution in [0.5, 0.6) is 5.75 Å². The van der Waals surface area contributed by atoms with Crippen molar-refractivity contribution in [1.82, 2.24) is 19.5 Å². The van der Waals surface area contributed by atoms with Crippen LogP contribution in [0, 0.1) is 0 Å². The van der Waals surface area contributed by atoms with E-state index in [1.807, 2.05) is 47.0 Å². The summed E-state index contributed by atoms with van der Waals surface area (Å²) in [6.07, 6.45) is 3.46. The second-order valence-corrected chi connectivity index (χ2v) is 5.04. The van der Waals surface area contributed by atoms with Crippen LogP contribution in [0.25, 0.3) is 28.4 Å². The molecule has 0 bridgehead atoms. The molecular formula is C18H12N4O2. The fourth-order valence-electron chi connectivity index (χ4n) is 2.55. The number of hydrogen-bond acceptors (Lipinski definition) is 5. The number of imidazole rings is 1. The maximum Gasteiger partial charge on any atom is 0.298 e. The van der Waals surface area contributed by atoms with E-state index in [2.05, 4.69) is 15.0 Å². The SMILES string of the molecule is O=COc1ccc(-n2c(-c3ccccn3)nc3cccnc32)cc1. The van der Waals surface area contributed by atoms with E-state index in [0.717, 1.165) is 22.5 Å². The summed E-state index contributed by atoms with van der Waals surface area (Å²) in [5.74, 6) is 1.18. The highest BCUT2D eigenvalue weighted by atomic mass is 16.5. The molecular weight excluding hydrogens is 304 g/mol. The maximum absolute atomic E-state index is 10.4. The van der Waals surface area contributed by atoms with Gasteiger partial charge < -0.3 is 4.74 Å². The minimum Gasteiger partial charge on any atom is -0.429 e. The van der Waals surface area contributed by atoms with Gasteiger partial charge in [-0.3, -0.25) is 14.3 Å². The molecule has 0 N–H and O–H groups in total. The first-order chi connectivity index (χ1) is 11.9. The van der Waals surface area contributed by atoms with Crippen molar-refractivity contribution in [2.45, 2.75) is 0 Å². The van der Waals surface area contributed by atoms with E-state index < -0.39 is 0 Å². The molecule has 0 aliphatic carbocycles. The Morgan fingerprint density at radius 1 is 0.917 bits per heavy atom. The van der Waals surface area contributed by atoms with Crippen molar-refractivity contribution in [3.05, 3.63) is 67.0 Å². The molecule has 0 radical (unpaired) electrons. The Morgan fingerprint density at radius 3 is 2.50 bits per heavy atom. The van der Waals surface area contributed by atoms with Gasteiger partial charge >= 0.3 is 0 Å². The van der Waals surface area contributed by atoms with Gasteiger partial charge in [-0.05, 0) is 48.5 Å². The number of fused-ring (bicyclic) bond motifs is 1. The van der Waals surface area contributed by atoms with Gasteiger partial charge in [-0.1, -0.05) is 6.07 Å². The minimum absolute atomic E-state index is 0.405. The molecule has 0 atom stereocenters. The van der Waals surface area contributed by atoms with Crippen LogP contribution in [0.3, 0.4) is 0 Å². The van der Waals surface area contributed by atoms with Gasteiger partial charge in [-0.15, -0.1) is 0 Å². The van der Waals surface area contributed by atoms with Gasteiger partial charge in [0.1, 0.15) is 17.0 Å². The summed E-state index contributed by atoms with van der Waals surface area (Å²) >= 11 is 0. The van der Waals surface area contributed by atoms with Crippen LogP contribution in [0.15, 0.2) is 67.0 Å². The fraction of sp³-hybridized carbons (Fsp3) is 0. The molecule has 0 saturated carbocycles. The van der Waals surface area contributed by atoms with Crippen molar-refractivity contribution in [2.24, 2.45) is 0 Å². The molecule has 0 amide bonds. The number of hydrogen-bond donors (Lipinski definition) is 0. The van der Waals surface area contributed by atoms with Crippen LogP contribution in [0.1, 0.15) is 0 Å². The van der Waals surface area contributed by atoms with Gasteiger partial charge in [0.15, 0.2) is 11.5 Å². The first-order valence-corrected chi connectivity index (χ1v) is 7.32. The molecule has 0 spiro atoms. The third-order valence-electron chi connectivity index (χ3n) is 3.59. The van der Waals surface area contributed by atoms with Gasteiger partial charge in [0, 0.05) is 18.1 Å². The van der Waals surface area contributed by atoms with Crippen molar-refractivity contribution in [1.29, 1.82) is 0 Å². The Hall–Kier alpha value is -3.54. The molecule has 3 heterocycles. The molecule has 1 aromatic carbocycles. The summed E-state index contributed by atoms with van der Waals surface area (Å²) in [7, 11) is 0. The van der Waals surface area contributed by atoms with Gasteiger partial charge in [0.2, 0.25) is 0 Å². The number of ether oxygens (including phenoxy) is 1. The lowest BCUT2D eigenvalue weighted by molar-refractivity contribution is -0.120. The zero-order valence-electron chi connectivity index (χ0n) is 12.5. The molecule has 116 valence electrons. The summed E-state index contributed by atoms with van der Waals surface area (Å²) < 4.78 is 6.78. The summed E-state index contributed by atoms with van der Waals surface area (Å²) in [5, 5.41) is 0. The molecule has 3 aromatic heterocycles. The van der Waals surface area contributed by atoms with Gasteiger partial charge in [0.05, 0.1) is 0 Å². The Kier molecular flexibility index (Phi) is 3.47. The number of rotatable bonds is 4. The minimum atomic E-state index is 0.405. The number of benzene rings is 1. The lowest BCUT2D eigenvalue weighted by atomic mass is 10.2. The van der Waals surface area contributed by atoms with E-state index in [0.29, 0.717) is 18.0 Å². The predicted molar refractivity (Wildman–Crippen MR) is 88.8 cm³/mol. The standard InChI is InChI=1S/C18H12N4O2/c23-12-24-14-8-6-13(7-9-14)22-17-16(5-3-11-20-17)21-18(22)15-4-1-2-10-19-15/h1-12H. The lowest BCUT2D eigenvalue weighted by Gasteiger charge is -2.09. The molecule has 4 aromatic rings. The van der Waals surface area contributed by atoms with Crippen LogP contribution in [0.2, 0.25) is 0 Å². The van der Waals surface area contributed by atoms with Crippen molar-refractivity contribution < 1.29 is 9.53 Å². The Morgan fingerprint density at radius 2 is 1.75 bits per heavy atom. The van der Waals surface area contributed by atoms with Gasteiger partial charge in [-0.2, -0.15) is 0 Å².